The van der Waals surface area contributed by atoms with Crippen LogP contribution in [0.3, 0.4) is 0 Å². The summed E-state index contributed by atoms with van der Waals surface area (Å²) >= 11 is 6.89. The molecular formula is C31H35ClF2N2O4S. The number of alkyl halides is 2. The standard InChI is InChI=1S/C31H35ClF2N2O4S/c32-28-19-24(20-1-5-22(6-2-20)29(37)35-13-15-41(39,40)16-14-35)18-26(21-3-4-21)27(28)17-23-9-12-36(30(23)38)25-7-10-31(33,34)11-8-25/h1-2,5-6,18-19,21,23,25H,3-4,7-17H2/t23-/m0/s1. The SMILES string of the molecule is O=C(c1ccc(-c2cc(Cl)c(C[C@@H]3CCN(C4CCC(F)(F)CC4)C3=O)c(C3CC3)c2)cc1)N1CCS(=O)(=O)CC1. The fourth-order valence-electron chi connectivity index (χ4n) is 6.60. The molecule has 2 aromatic carbocycles. The van der Waals surface area contributed by atoms with Crippen LogP contribution in [0.1, 0.15) is 72.3 Å². The molecule has 0 radical (unpaired) electrons. The van der Waals surface area contributed by atoms with Gasteiger partial charge in [0.05, 0.1) is 11.5 Å². The van der Waals surface area contributed by atoms with Crippen LogP contribution in [0.4, 0.5) is 8.78 Å². The Bertz CT molecular complexity index is 1440. The molecule has 0 bridgehead atoms. The van der Waals surface area contributed by atoms with Gasteiger partial charge in [-0.3, -0.25) is 9.59 Å². The molecule has 10 heteroatoms. The number of nitrogens with zero attached hydrogens (tertiary/aromatic N) is 2. The maximum Gasteiger partial charge on any atom is 0.253 e. The maximum absolute atomic E-state index is 13.7. The van der Waals surface area contributed by atoms with Gasteiger partial charge in [-0.05, 0) is 84.9 Å². The van der Waals surface area contributed by atoms with E-state index in [1.54, 1.807) is 17.0 Å². The normalized spacial score (nSPS) is 24.6. The van der Waals surface area contributed by atoms with Crippen LogP contribution in [0, 0.1) is 5.92 Å². The summed E-state index contributed by atoms with van der Waals surface area (Å²) in [5.41, 5.74) is 4.58. The lowest BCUT2D eigenvalue weighted by Gasteiger charge is -2.34. The van der Waals surface area contributed by atoms with Crippen molar-refractivity contribution in [2.45, 2.75) is 69.2 Å². The minimum absolute atomic E-state index is 0.00437. The van der Waals surface area contributed by atoms with Crippen LogP contribution in [0.25, 0.3) is 11.1 Å². The molecule has 1 atom stereocenters. The van der Waals surface area contributed by atoms with Gasteiger partial charge in [-0.2, -0.15) is 0 Å². The third-order valence-corrected chi connectivity index (χ3v) is 11.2. The van der Waals surface area contributed by atoms with Gasteiger partial charge in [0.15, 0.2) is 9.84 Å². The molecular weight excluding hydrogens is 570 g/mol. The smallest absolute Gasteiger partial charge is 0.253 e. The molecule has 4 fully saturated rings. The fraction of sp³-hybridized carbons (Fsp3) is 0.548. The minimum Gasteiger partial charge on any atom is -0.339 e. The lowest BCUT2D eigenvalue weighted by Crippen LogP contribution is -2.43. The van der Waals surface area contributed by atoms with Crippen molar-refractivity contribution in [3.63, 3.8) is 0 Å². The number of likely N-dealkylation sites (tertiary alicyclic amines) is 1. The summed E-state index contributed by atoms with van der Waals surface area (Å²) in [5.74, 6) is -2.50. The average Bonchev–Trinajstić information content (AvgIpc) is 3.73. The second kappa shape index (κ2) is 11.0. The van der Waals surface area contributed by atoms with Crippen LogP contribution >= 0.6 is 11.6 Å². The topological polar surface area (TPSA) is 74.8 Å². The Kier molecular flexibility index (Phi) is 7.64. The van der Waals surface area contributed by atoms with E-state index in [0.717, 1.165) is 29.5 Å². The molecule has 6 rings (SSSR count). The Labute approximate surface area is 245 Å². The first-order valence-electron chi connectivity index (χ1n) is 14.6. The van der Waals surface area contributed by atoms with Crippen LogP contribution < -0.4 is 0 Å². The number of hydrogen-bond acceptors (Lipinski definition) is 4. The number of carbonyl (C=O) groups excluding carboxylic acids is 2. The third kappa shape index (κ3) is 6.17. The maximum atomic E-state index is 13.7. The number of hydrogen-bond donors (Lipinski definition) is 0. The van der Waals surface area contributed by atoms with Crippen molar-refractivity contribution in [2.24, 2.45) is 5.92 Å². The van der Waals surface area contributed by atoms with Crippen LogP contribution in [0.15, 0.2) is 36.4 Å². The van der Waals surface area contributed by atoms with Gasteiger partial charge in [-0.15, -0.1) is 0 Å². The number of carbonyl (C=O) groups is 2. The van der Waals surface area contributed by atoms with E-state index in [1.807, 2.05) is 23.1 Å². The van der Waals surface area contributed by atoms with E-state index >= 15 is 0 Å². The van der Waals surface area contributed by atoms with Crippen molar-refractivity contribution >= 4 is 33.3 Å². The van der Waals surface area contributed by atoms with E-state index in [4.69, 9.17) is 11.6 Å². The zero-order chi connectivity index (χ0) is 28.9. The number of rotatable bonds is 6. The Morgan fingerprint density at radius 1 is 0.927 bits per heavy atom. The Hall–Kier alpha value is -2.52. The van der Waals surface area contributed by atoms with Crippen molar-refractivity contribution < 1.29 is 26.8 Å². The molecule has 0 N–H and O–H groups in total. The van der Waals surface area contributed by atoms with Gasteiger partial charge in [0, 0.05) is 55.0 Å². The fourth-order valence-corrected chi connectivity index (χ4v) is 8.10. The molecule has 4 aliphatic rings. The number of sulfone groups is 1. The summed E-state index contributed by atoms with van der Waals surface area (Å²) in [6, 6.07) is 11.3. The second-order valence-electron chi connectivity index (χ2n) is 12.1. The Balaban J connectivity index is 1.16. The molecule has 6 nitrogen and oxygen atoms in total. The third-order valence-electron chi connectivity index (χ3n) is 9.27. The first-order valence-corrected chi connectivity index (χ1v) is 16.8. The van der Waals surface area contributed by atoms with Gasteiger partial charge in [-0.25, -0.2) is 17.2 Å². The molecule has 220 valence electrons. The van der Waals surface area contributed by atoms with Crippen molar-refractivity contribution in [1.29, 1.82) is 0 Å². The van der Waals surface area contributed by atoms with Crippen molar-refractivity contribution in [1.82, 2.24) is 9.80 Å². The summed E-state index contributed by atoms with van der Waals surface area (Å²) in [7, 11) is -3.06. The molecule has 2 aliphatic heterocycles. The molecule has 2 amide bonds. The highest BCUT2D eigenvalue weighted by Gasteiger charge is 2.42. The summed E-state index contributed by atoms with van der Waals surface area (Å²) < 4.78 is 50.7. The summed E-state index contributed by atoms with van der Waals surface area (Å²) in [4.78, 5) is 29.7. The first kappa shape index (κ1) is 28.6. The molecule has 2 heterocycles. The lowest BCUT2D eigenvalue weighted by atomic mass is 9.89. The highest BCUT2D eigenvalue weighted by atomic mass is 35.5. The molecule has 2 aromatic rings. The second-order valence-corrected chi connectivity index (χ2v) is 14.8. The van der Waals surface area contributed by atoms with Gasteiger partial charge < -0.3 is 9.80 Å². The van der Waals surface area contributed by atoms with E-state index in [9.17, 15) is 26.8 Å². The zero-order valence-corrected chi connectivity index (χ0v) is 24.5. The number of amides is 2. The highest BCUT2D eigenvalue weighted by molar-refractivity contribution is 7.91. The van der Waals surface area contributed by atoms with E-state index in [0.29, 0.717) is 48.7 Å². The highest BCUT2D eigenvalue weighted by Crippen LogP contribution is 2.46. The van der Waals surface area contributed by atoms with Crippen LogP contribution in [0.5, 0.6) is 0 Å². The van der Waals surface area contributed by atoms with Gasteiger partial charge in [0.25, 0.3) is 5.91 Å². The largest absolute Gasteiger partial charge is 0.339 e. The molecule has 2 saturated heterocycles. The van der Waals surface area contributed by atoms with Crippen molar-refractivity contribution in [3.05, 3.63) is 58.1 Å². The molecule has 0 unspecified atom stereocenters. The molecule has 2 saturated carbocycles. The van der Waals surface area contributed by atoms with Crippen LogP contribution in [-0.2, 0) is 21.1 Å². The minimum atomic E-state index is -3.06. The summed E-state index contributed by atoms with van der Waals surface area (Å²) in [5, 5.41) is 0.627. The monoisotopic (exact) mass is 604 g/mol. The molecule has 41 heavy (non-hydrogen) atoms. The first-order chi connectivity index (χ1) is 19.5. The average molecular weight is 605 g/mol. The number of benzene rings is 2. The van der Waals surface area contributed by atoms with E-state index in [1.165, 1.54) is 5.56 Å². The summed E-state index contributed by atoms with van der Waals surface area (Å²) in [6.07, 6.45) is 3.84. The van der Waals surface area contributed by atoms with Gasteiger partial charge in [0.2, 0.25) is 11.8 Å². The van der Waals surface area contributed by atoms with Crippen molar-refractivity contribution in [3.8, 4) is 11.1 Å². The predicted octanol–water partition coefficient (Wildman–Crippen LogP) is 5.72. The van der Waals surface area contributed by atoms with Crippen LogP contribution in [0.2, 0.25) is 5.02 Å². The lowest BCUT2D eigenvalue weighted by molar-refractivity contribution is -0.135. The van der Waals surface area contributed by atoms with E-state index in [2.05, 4.69) is 6.07 Å². The quantitative estimate of drug-likeness (QED) is 0.422. The van der Waals surface area contributed by atoms with Gasteiger partial charge in [0.1, 0.15) is 0 Å². The molecule has 0 spiro atoms. The molecule has 2 aliphatic carbocycles. The summed E-state index contributed by atoms with van der Waals surface area (Å²) in [6.45, 7) is 1.04. The molecule has 0 aromatic heterocycles. The number of halogens is 3. The Morgan fingerprint density at radius 3 is 2.22 bits per heavy atom. The Morgan fingerprint density at radius 2 is 1.59 bits per heavy atom. The van der Waals surface area contributed by atoms with E-state index < -0.39 is 15.8 Å². The van der Waals surface area contributed by atoms with Gasteiger partial charge >= 0.3 is 0 Å². The van der Waals surface area contributed by atoms with Crippen molar-refractivity contribution in [2.75, 3.05) is 31.1 Å². The van der Waals surface area contributed by atoms with Gasteiger partial charge in [-0.1, -0.05) is 29.8 Å². The zero-order valence-electron chi connectivity index (χ0n) is 23.0. The van der Waals surface area contributed by atoms with E-state index in [-0.39, 0.29) is 61.2 Å². The predicted molar refractivity (Wildman–Crippen MR) is 154 cm³/mol. The van der Waals surface area contributed by atoms with Crippen LogP contribution in [-0.4, -0.2) is 73.1 Å².